The standard InChI is InChI=1S/C18H23NO/c1-4-8-16(15-9-6-5-7-10-15)19-17-13-14(2)11-12-18(17)20-3/h5-7,9-13,16,19H,4,8H2,1-3H3. The van der Waals surface area contributed by atoms with Gasteiger partial charge in [0.25, 0.3) is 0 Å². The molecule has 0 saturated heterocycles. The van der Waals surface area contributed by atoms with Gasteiger partial charge in [-0.15, -0.1) is 0 Å². The van der Waals surface area contributed by atoms with Crippen molar-refractivity contribution in [3.63, 3.8) is 0 Å². The van der Waals surface area contributed by atoms with Gasteiger partial charge in [0.2, 0.25) is 0 Å². The number of hydrogen-bond acceptors (Lipinski definition) is 2. The topological polar surface area (TPSA) is 21.3 Å². The molecule has 0 aliphatic carbocycles. The minimum absolute atomic E-state index is 0.317. The fourth-order valence-electron chi connectivity index (χ4n) is 2.42. The van der Waals surface area contributed by atoms with Gasteiger partial charge >= 0.3 is 0 Å². The van der Waals surface area contributed by atoms with E-state index in [9.17, 15) is 0 Å². The lowest BCUT2D eigenvalue weighted by Crippen LogP contribution is -2.11. The van der Waals surface area contributed by atoms with Crippen molar-refractivity contribution in [1.29, 1.82) is 0 Å². The van der Waals surface area contributed by atoms with E-state index in [1.54, 1.807) is 7.11 Å². The van der Waals surface area contributed by atoms with E-state index in [1.807, 2.05) is 6.07 Å². The van der Waals surface area contributed by atoms with Gasteiger partial charge in [-0.2, -0.15) is 0 Å². The van der Waals surface area contributed by atoms with E-state index in [2.05, 4.69) is 61.6 Å². The van der Waals surface area contributed by atoms with E-state index in [-0.39, 0.29) is 0 Å². The highest BCUT2D eigenvalue weighted by molar-refractivity contribution is 5.59. The molecule has 106 valence electrons. The number of nitrogens with one attached hydrogen (secondary N) is 1. The Morgan fingerprint density at radius 2 is 1.85 bits per heavy atom. The third kappa shape index (κ3) is 3.53. The molecule has 0 bridgehead atoms. The normalized spacial score (nSPS) is 11.9. The average Bonchev–Trinajstić information content (AvgIpc) is 2.48. The number of methoxy groups -OCH3 is 1. The molecule has 20 heavy (non-hydrogen) atoms. The van der Waals surface area contributed by atoms with E-state index >= 15 is 0 Å². The molecule has 0 amide bonds. The molecular formula is C18H23NO. The first-order valence-electron chi connectivity index (χ1n) is 7.20. The SMILES string of the molecule is CCCC(Nc1cc(C)ccc1OC)c1ccccc1. The number of anilines is 1. The first-order valence-corrected chi connectivity index (χ1v) is 7.20. The molecule has 1 N–H and O–H groups in total. The molecule has 0 aliphatic heterocycles. The number of ether oxygens (including phenoxy) is 1. The lowest BCUT2D eigenvalue weighted by atomic mass is 10.0. The van der Waals surface area contributed by atoms with Crippen LogP contribution in [0.2, 0.25) is 0 Å². The molecule has 2 aromatic rings. The molecule has 0 radical (unpaired) electrons. The monoisotopic (exact) mass is 269 g/mol. The molecule has 2 aromatic carbocycles. The summed E-state index contributed by atoms with van der Waals surface area (Å²) in [5, 5.41) is 3.63. The van der Waals surface area contributed by atoms with Crippen molar-refractivity contribution in [1.82, 2.24) is 0 Å². The molecular weight excluding hydrogens is 246 g/mol. The lowest BCUT2D eigenvalue weighted by Gasteiger charge is -2.21. The van der Waals surface area contributed by atoms with Gasteiger partial charge in [0.1, 0.15) is 5.75 Å². The van der Waals surface area contributed by atoms with Crippen LogP contribution in [0, 0.1) is 6.92 Å². The first kappa shape index (κ1) is 14.4. The average molecular weight is 269 g/mol. The van der Waals surface area contributed by atoms with Gasteiger partial charge in [-0.3, -0.25) is 0 Å². The Labute approximate surface area is 121 Å². The number of hydrogen-bond donors (Lipinski definition) is 1. The first-order chi connectivity index (χ1) is 9.74. The van der Waals surface area contributed by atoms with Gasteiger partial charge in [-0.05, 0) is 36.6 Å². The number of benzene rings is 2. The highest BCUT2D eigenvalue weighted by atomic mass is 16.5. The predicted molar refractivity (Wildman–Crippen MR) is 85.4 cm³/mol. The van der Waals surface area contributed by atoms with Crippen LogP contribution >= 0.6 is 0 Å². The minimum Gasteiger partial charge on any atom is -0.495 e. The largest absolute Gasteiger partial charge is 0.495 e. The number of aryl methyl sites for hydroxylation is 1. The summed E-state index contributed by atoms with van der Waals surface area (Å²) in [5.74, 6) is 0.896. The van der Waals surface area contributed by atoms with E-state index in [0.717, 1.165) is 24.3 Å². The second kappa shape index (κ2) is 6.99. The maximum atomic E-state index is 5.45. The van der Waals surface area contributed by atoms with Crippen LogP contribution in [-0.2, 0) is 0 Å². The van der Waals surface area contributed by atoms with E-state index in [1.165, 1.54) is 11.1 Å². The zero-order valence-electron chi connectivity index (χ0n) is 12.5. The van der Waals surface area contributed by atoms with Crippen molar-refractivity contribution in [3.8, 4) is 5.75 Å². The van der Waals surface area contributed by atoms with Gasteiger partial charge in [0.15, 0.2) is 0 Å². The zero-order chi connectivity index (χ0) is 14.4. The Hall–Kier alpha value is -1.96. The summed E-state index contributed by atoms with van der Waals surface area (Å²) in [6, 6.07) is 17.1. The van der Waals surface area contributed by atoms with Gasteiger partial charge in [-0.1, -0.05) is 49.7 Å². The van der Waals surface area contributed by atoms with Crippen LogP contribution in [0.4, 0.5) is 5.69 Å². The van der Waals surface area contributed by atoms with Crippen LogP contribution in [0.25, 0.3) is 0 Å². The minimum atomic E-state index is 0.317. The van der Waals surface area contributed by atoms with Gasteiger partial charge < -0.3 is 10.1 Å². The fourth-order valence-corrected chi connectivity index (χ4v) is 2.42. The van der Waals surface area contributed by atoms with Crippen molar-refractivity contribution >= 4 is 5.69 Å². The van der Waals surface area contributed by atoms with E-state index < -0.39 is 0 Å². The predicted octanol–water partition coefficient (Wildman–Crippen LogP) is 4.96. The van der Waals surface area contributed by atoms with Gasteiger partial charge in [0, 0.05) is 0 Å². The molecule has 0 spiro atoms. The molecule has 1 unspecified atom stereocenters. The van der Waals surface area contributed by atoms with Crippen LogP contribution in [-0.4, -0.2) is 7.11 Å². The maximum Gasteiger partial charge on any atom is 0.141 e. The Balaban J connectivity index is 2.26. The lowest BCUT2D eigenvalue weighted by molar-refractivity contribution is 0.415. The fraction of sp³-hybridized carbons (Fsp3) is 0.333. The molecule has 1 atom stereocenters. The summed E-state index contributed by atoms with van der Waals surface area (Å²) in [5.41, 5.74) is 3.62. The molecule has 2 heteroatoms. The highest BCUT2D eigenvalue weighted by Gasteiger charge is 2.12. The Morgan fingerprint density at radius 1 is 1.10 bits per heavy atom. The third-order valence-electron chi connectivity index (χ3n) is 3.46. The summed E-state index contributed by atoms with van der Waals surface area (Å²) >= 11 is 0. The van der Waals surface area contributed by atoms with Crippen LogP contribution < -0.4 is 10.1 Å². The van der Waals surface area contributed by atoms with Crippen molar-refractivity contribution in [2.24, 2.45) is 0 Å². The maximum absolute atomic E-state index is 5.45. The van der Waals surface area contributed by atoms with Crippen molar-refractivity contribution in [3.05, 3.63) is 59.7 Å². The van der Waals surface area contributed by atoms with Crippen LogP contribution in [0.5, 0.6) is 5.75 Å². The van der Waals surface area contributed by atoms with Gasteiger partial charge in [0.05, 0.1) is 18.8 Å². The molecule has 0 heterocycles. The number of rotatable bonds is 6. The Morgan fingerprint density at radius 3 is 2.50 bits per heavy atom. The second-order valence-electron chi connectivity index (χ2n) is 5.10. The molecule has 0 fully saturated rings. The van der Waals surface area contributed by atoms with Crippen LogP contribution in [0.1, 0.15) is 36.9 Å². The molecule has 0 aromatic heterocycles. The molecule has 0 saturated carbocycles. The van der Waals surface area contributed by atoms with Crippen molar-refractivity contribution in [2.75, 3.05) is 12.4 Å². The highest BCUT2D eigenvalue weighted by Crippen LogP contribution is 2.31. The quantitative estimate of drug-likeness (QED) is 0.800. The summed E-state index contributed by atoms with van der Waals surface area (Å²) in [6.45, 7) is 4.31. The second-order valence-corrected chi connectivity index (χ2v) is 5.10. The Kier molecular flexibility index (Phi) is 5.05. The zero-order valence-corrected chi connectivity index (χ0v) is 12.5. The van der Waals surface area contributed by atoms with Crippen LogP contribution in [0.15, 0.2) is 48.5 Å². The molecule has 0 aliphatic rings. The molecule has 2 nitrogen and oxygen atoms in total. The molecule has 2 rings (SSSR count). The van der Waals surface area contributed by atoms with Crippen LogP contribution in [0.3, 0.4) is 0 Å². The Bertz CT molecular complexity index is 536. The van der Waals surface area contributed by atoms with Crippen molar-refractivity contribution in [2.45, 2.75) is 32.7 Å². The smallest absolute Gasteiger partial charge is 0.141 e. The van der Waals surface area contributed by atoms with Crippen molar-refractivity contribution < 1.29 is 4.74 Å². The van der Waals surface area contributed by atoms with Gasteiger partial charge in [-0.25, -0.2) is 0 Å². The van der Waals surface area contributed by atoms with E-state index in [0.29, 0.717) is 6.04 Å². The summed E-state index contributed by atoms with van der Waals surface area (Å²) in [7, 11) is 1.72. The summed E-state index contributed by atoms with van der Waals surface area (Å²) in [6.07, 6.45) is 2.24. The van der Waals surface area contributed by atoms with E-state index in [4.69, 9.17) is 4.74 Å². The third-order valence-corrected chi connectivity index (χ3v) is 3.46. The summed E-state index contributed by atoms with van der Waals surface area (Å²) < 4.78 is 5.45. The summed E-state index contributed by atoms with van der Waals surface area (Å²) in [4.78, 5) is 0.